The summed E-state index contributed by atoms with van der Waals surface area (Å²) in [5.74, 6) is -0.947. The monoisotopic (exact) mass is 290 g/mol. The standard InChI is InChI=1S/C16H22N2O3/c1-2-16(8-3-9-16)11-18-15(21)17-10-12-4-6-13(7-5-12)14(19)20/h4-7H,2-3,8-11H2,1H3,(H,19,20)(H2,17,18,21). The van der Waals surface area contributed by atoms with Crippen molar-refractivity contribution in [2.24, 2.45) is 5.41 Å². The molecule has 21 heavy (non-hydrogen) atoms. The molecule has 1 aliphatic rings. The Morgan fingerprint density at radius 3 is 2.33 bits per heavy atom. The summed E-state index contributed by atoms with van der Waals surface area (Å²) in [6.07, 6.45) is 4.75. The van der Waals surface area contributed by atoms with Gasteiger partial charge < -0.3 is 15.7 Å². The van der Waals surface area contributed by atoms with Crippen molar-refractivity contribution in [3.05, 3.63) is 35.4 Å². The molecule has 1 aromatic rings. The molecule has 0 radical (unpaired) electrons. The summed E-state index contributed by atoms with van der Waals surface area (Å²) in [4.78, 5) is 22.5. The van der Waals surface area contributed by atoms with Gasteiger partial charge >= 0.3 is 12.0 Å². The number of hydrogen-bond donors (Lipinski definition) is 3. The first-order valence-corrected chi connectivity index (χ1v) is 7.39. The van der Waals surface area contributed by atoms with E-state index in [4.69, 9.17) is 5.11 Å². The third-order valence-corrected chi connectivity index (χ3v) is 4.44. The van der Waals surface area contributed by atoms with Crippen LogP contribution >= 0.6 is 0 Å². The number of rotatable bonds is 6. The first-order valence-electron chi connectivity index (χ1n) is 7.39. The Morgan fingerprint density at radius 1 is 1.19 bits per heavy atom. The second kappa shape index (κ2) is 6.61. The van der Waals surface area contributed by atoms with Crippen molar-refractivity contribution < 1.29 is 14.7 Å². The van der Waals surface area contributed by atoms with E-state index in [2.05, 4.69) is 17.6 Å². The second-order valence-corrected chi connectivity index (χ2v) is 5.75. The lowest BCUT2D eigenvalue weighted by molar-refractivity contribution is 0.0697. The van der Waals surface area contributed by atoms with Crippen LogP contribution in [0.4, 0.5) is 4.79 Å². The molecule has 3 N–H and O–H groups in total. The number of carboxylic acid groups (broad SMARTS) is 1. The van der Waals surface area contributed by atoms with E-state index in [1.165, 1.54) is 31.4 Å². The Hall–Kier alpha value is -2.04. The topological polar surface area (TPSA) is 78.4 Å². The average molecular weight is 290 g/mol. The lowest BCUT2D eigenvalue weighted by atomic mass is 9.67. The molecule has 0 saturated heterocycles. The molecular formula is C16H22N2O3. The molecule has 1 saturated carbocycles. The normalized spacial score (nSPS) is 15.9. The molecule has 0 spiro atoms. The fourth-order valence-corrected chi connectivity index (χ4v) is 2.61. The van der Waals surface area contributed by atoms with Gasteiger partial charge in [0.1, 0.15) is 0 Å². The van der Waals surface area contributed by atoms with Crippen LogP contribution in [0.2, 0.25) is 0 Å². The molecule has 0 aliphatic heterocycles. The van der Waals surface area contributed by atoms with E-state index < -0.39 is 5.97 Å². The number of hydrogen-bond acceptors (Lipinski definition) is 2. The Bertz CT molecular complexity index is 501. The fraction of sp³-hybridized carbons (Fsp3) is 0.500. The average Bonchev–Trinajstić information content (AvgIpc) is 2.45. The maximum absolute atomic E-state index is 11.8. The molecule has 114 valence electrons. The maximum atomic E-state index is 11.8. The largest absolute Gasteiger partial charge is 0.478 e. The van der Waals surface area contributed by atoms with Crippen LogP contribution in [0.3, 0.4) is 0 Å². The summed E-state index contributed by atoms with van der Waals surface area (Å²) in [6, 6.07) is 6.33. The Morgan fingerprint density at radius 2 is 1.86 bits per heavy atom. The van der Waals surface area contributed by atoms with Crippen LogP contribution in [-0.2, 0) is 6.54 Å². The lowest BCUT2D eigenvalue weighted by Crippen LogP contribution is -2.45. The maximum Gasteiger partial charge on any atom is 0.335 e. The van der Waals surface area contributed by atoms with Gasteiger partial charge in [-0.05, 0) is 42.4 Å². The van der Waals surface area contributed by atoms with Crippen molar-refractivity contribution in [2.45, 2.75) is 39.2 Å². The highest BCUT2D eigenvalue weighted by atomic mass is 16.4. The first kappa shape index (κ1) is 15.4. The summed E-state index contributed by atoms with van der Waals surface area (Å²) in [5, 5.41) is 14.5. The molecule has 0 aromatic heterocycles. The Kier molecular flexibility index (Phi) is 4.83. The van der Waals surface area contributed by atoms with Gasteiger partial charge in [-0.3, -0.25) is 0 Å². The minimum absolute atomic E-state index is 0.169. The van der Waals surface area contributed by atoms with Gasteiger partial charge in [-0.1, -0.05) is 25.5 Å². The summed E-state index contributed by atoms with van der Waals surface area (Å²) in [7, 11) is 0. The minimum atomic E-state index is -0.947. The molecule has 1 fully saturated rings. The van der Waals surface area contributed by atoms with Crippen LogP contribution in [0.1, 0.15) is 48.5 Å². The van der Waals surface area contributed by atoms with E-state index in [9.17, 15) is 9.59 Å². The number of benzene rings is 1. The zero-order valence-corrected chi connectivity index (χ0v) is 12.3. The predicted molar refractivity (Wildman–Crippen MR) is 80.2 cm³/mol. The highest BCUT2D eigenvalue weighted by Crippen LogP contribution is 2.42. The van der Waals surface area contributed by atoms with Gasteiger partial charge in [0.2, 0.25) is 0 Å². The number of amides is 2. The molecule has 0 unspecified atom stereocenters. The number of urea groups is 1. The van der Waals surface area contributed by atoms with Gasteiger partial charge in [-0.25, -0.2) is 9.59 Å². The minimum Gasteiger partial charge on any atom is -0.478 e. The van der Waals surface area contributed by atoms with Gasteiger partial charge in [0.15, 0.2) is 0 Å². The molecule has 5 nitrogen and oxygen atoms in total. The van der Waals surface area contributed by atoms with E-state index >= 15 is 0 Å². The molecule has 0 bridgehead atoms. The Labute approximate surface area is 124 Å². The number of carboxylic acids is 1. The second-order valence-electron chi connectivity index (χ2n) is 5.75. The van der Waals surface area contributed by atoms with Gasteiger partial charge in [-0.2, -0.15) is 0 Å². The van der Waals surface area contributed by atoms with Crippen molar-refractivity contribution in [2.75, 3.05) is 6.54 Å². The molecule has 1 aromatic carbocycles. The van der Waals surface area contributed by atoms with Crippen molar-refractivity contribution in [1.29, 1.82) is 0 Å². The van der Waals surface area contributed by atoms with Crippen LogP contribution in [0.5, 0.6) is 0 Å². The lowest BCUT2D eigenvalue weighted by Gasteiger charge is -2.41. The summed E-state index contributed by atoms with van der Waals surface area (Å²) in [6.45, 7) is 3.29. The van der Waals surface area contributed by atoms with Crippen LogP contribution in [0.25, 0.3) is 0 Å². The van der Waals surface area contributed by atoms with Gasteiger partial charge in [0.25, 0.3) is 0 Å². The highest BCUT2D eigenvalue weighted by Gasteiger charge is 2.35. The molecular weight excluding hydrogens is 268 g/mol. The van der Waals surface area contributed by atoms with Crippen molar-refractivity contribution in [3.63, 3.8) is 0 Å². The molecule has 5 heteroatoms. The Balaban J connectivity index is 1.74. The quantitative estimate of drug-likeness (QED) is 0.753. The first-order chi connectivity index (χ1) is 10.0. The highest BCUT2D eigenvalue weighted by molar-refractivity contribution is 5.87. The smallest absolute Gasteiger partial charge is 0.335 e. The third-order valence-electron chi connectivity index (χ3n) is 4.44. The molecule has 2 amide bonds. The van der Waals surface area contributed by atoms with Gasteiger partial charge in [0, 0.05) is 13.1 Å². The number of carbonyl (C=O) groups excluding carboxylic acids is 1. The number of carbonyl (C=O) groups is 2. The van der Waals surface area contributed by atoms with E-state index in [0.29, 0.717) is 12.0 Å². The van der Waals surface area contributed by atoms with Gasteiger partial charge in [-0.15, -0.1) is 0 Å². The van der Waals surface area contributed by atoms with Crippen molar-refractivity contribution in [3.8, 4) is 0 Å². The van der Waals surface area contributed by atoms with Crippen LogP contribution < -0.4 is 10.6 Å². The van der Waals surface area contributed by atoms with Crippen molar-refractivity contribution >= 4 is 12.0 Å². The molecule has 0 heterocycles. The zero-order valence-electron chi connectivity index (χ0n) is 12.3. The number of aromatic carboxylic acids is 1. The van der Waals surface area contributed by atoms with E-state index in [0.717, 1.165) is 18.5 Å². The molecule has 1 aliphatic carbocycles. The van der Waals surface area contributed by atoms with Crippen LogP contribution in [0.15, 0.2) is 24.3 Å². The van der Waals surface area contributed by atoms with Gasteiger partial charge in [0.05, 0.1) is 5.56 Å². The van der Waals surface area contributed by atoms with E-state index in [-0.39, 0.29) is 11.6 Å². The molecule has 0 atom stereocenters. The van der Waals surface area contributed by atoms with Crippen LogP contribution in [-0.4, -0.2) is 23.7 Å². The summed E-state index contributed by atoms with van der Waals surface area (Å²) in [5.41, 5.74) is 1.43. The SMILES string of the molecule is CCC1(CNC(=O)NCc2ccc(C(=O)O)cc2)CCC1. The van der Waals surface area contributed by atoms with Crippen molar-refractivity contribution in [1.82, 2.24) is 10.6 Å². The number of nitrogens with one attached hydrogen (secondary N) is 2. The zero-order chi connectivity index (χ0) is 15.3. The fourth-order valence-electron chi connectivity index (χ4n) is 2.61. The van der Waals surface area contributed by atoms with E-state index in [1.807, 2.05) is 0 Å². The third kappa shape index (κ3) is 3.97. The summed E-state index contributed by atoms with van der Waals surface area (Å²) >= 11 is 0. The van der Waals surface area contributed by atoms with Crippen LogP contribution in [0, 0.1) is 5.41 Å². The predicted octanol–water partition coefficient (Wildman–Crippen LogP) is 2.76. The van der Waals surface area contributed by atoms with E-state index in [1.54, 1.807) is 12.1 Å². The molecule has 2 rings (SSSR count). The summed E-state index contributed by atoms with van der Waals surface area (Å²) < 4.78 is 0.